The molecule has 0 aromatic carbocycles. The van der Waals surface area contributed by atoms with Gasteiger partial charge >= 0.3 is 0 Å². The number of nitrogens with zero attached hydrogens (tertiary/aromatic N) is 4. The van der Waals surface area contributed by atoms with Crippen molar-refractivity contribution in [2.24, 2.45) is 4.99 Å². The van der Waals surface area contributed by atoms with Crippen molar-refractivity contribution in [1.29, 1.82) is 5.26 Å². The van der Waals surface area contributed by atoms with E-state index >= 15 is 0 Å². The zero-order valence-electron chi connectivity index (χ0n) is 11.0. The molecular weight excluding hydrogens is 216 g/mol. The molecule has 0 aromatic rings. The Balaban J connectivity index is 3.60. The molecule has 98 valence electrons. The predicted molar refractivity (Wildman–Crippen MR) is 70.3 cm³/mol. The molecule has 0 spiro atoms. The van der Waals surface area contributed by atoms with E-state index in [9.17, 15) is 5.11 Å². The van der Waals surface area contributed by atoms with Gasteiger partial charge in [-0.15, -0.1) is 0 Å². The number of aliphatic hydroxyl groups is 1. The van der Waals surface area contributed by atoms with Crippen molar-refractivity contribution in [3.05, 3.63) is 0 Å². The SMILES string of the molecule is C=NCCN(C)CC(O)CCN(C)CCC#N. The first-order valence-electron chi connectivity index (χ1n) is 5.94. The molecule has 0 radical (unpaired) electrons. The highest BCUT2D eigenvalue weighted by atomic mass is 16.3. The number of aliphatic hydroxyl groups excluding tert-OH is 1. The quantitative estimate of drug-likeness (QED) is 0.555. The van der Waals surface area contributed by atoms with Crippen molar-refractivity contribution in [3.63, 3.8) is 0 Å². The third-order valence-electron chi connectivity index (χ3n) is 2.61. The fourth-order valence-electron chi connectivity index (χ4n) is 1.51. The van der Waals surface area contributed by atoms with Gasteiger partial charge in [-0.05, 0) is 27.2 Å². The van der Waals surface area contributed by atoms with Gasteiger partial charge in [0, 0.05) is 32.6 Å². The highest BCUT2D eigenvalue weighted by Gasteiger charge is 2.09. The first-order valence-corrected chi connectivity index (χ1v) is 5.94. The highest BCUT2D eigenvalue weighted by Crippen LogP contribution is 1.98. The van der Waals surface area contributed by atoms with Crippen molar-refractivity contribution >= 4 is 6.72 Å². The lowest BCUT2D eigenvalue weighted by Gasteiger charge is -2.22. The average Bonchev–Trinajstić information content (AvgIpc) is 2.31. The molecule has 0 heterocycles. The van der Waals surface area contributed by atoms with Crippen LogP contribution >= 0.6 is 0 Å². The minimum absolute atomic E-state index is 0.325. The van der Waals surface area contributed by atoms with Gasteiger partial charge in [0.25, 0.3) is 0 Å². The Morgan fingerprint density at radius 1 is 1.29 bits per heavy atom. The Labute approximate surface area is 104 Å². The van der Waals surface area contributed by atoms with Crippen molar-refractivity contribution in [2.75, 3.05) is 46.8 Å². The maximum absolute atomic E-state index is 9.81. The minimum Gasteiger partial charge on any atom is -0.392 e. The van der Waals surface area contributed by atoms with E-state index in [-0.39, 0.29) is 6.10 Å². The Bertz CT molecular complexity index is 239. The fourth-order valence-corrected chi connectivity index (χ4v) is 1.51. The summed E-state index contributed by atoms with van der Waals surface area (Å²) in [6.45, 7) is 7.19. The fraction of sp³-hybridized carbons (Fsp3) is 0.833. The van der Waals surface area contributed by atoms with E-state index in [1.165, 1.54) is 0 Å². The molecule has 0 aliphatic heterocycles. The monoisotopic (exact) mass is 240 g/mol. The number of hydrogen-bond acceptors (Lipinski definition) is 5. The smallest absolute Gasteiger partial charge is 0.0679 e. The molecule has 0 saturated carbocycles. The summed E-state index contributed by atoms with van der Waals surface area (Å²) in [5.74, 6) is 0. The number of aliphatic imine (C=N–C) groups is 1. The summed E-state index contributed by atoms with van der Waals surface area (Å²) in [6, 6.07) is 2.11. The van der Waals surface area contributed by atoms with Crippen molar-refractivity contribution in [2.45, 2.75) is 18.9 Å². The third kappa shape index (κ3) is 9.94. The summed E-state index contributed by atoms with van der Waals surface area (Å²) < 4.78 is 0. The third-order valence-corrected chi connectivity index (χ3v) is 2.61. The zero-order valence-corrected chi connectivity index (χ0v) is 11.0. The molecule has 5 heteroatoms. The van der Waals surface area contributed by atoms with Crippen LogP contribution in [-0.4, -0.2) is 74.5 Å². The molecule has 1 atom stereocenters. The van der Waals surface area contributed by atoms with Crippen LogP contribution in [0.1, 0.15) is 12.8 Å². The molecule has 0 saturated heterocycles. The zero-order chi connectivity index (χ0) is 13.1. The van der Waals surface area contributed by atoms with Gasteiger partial charge in [0.2, 0.25) is 0 Å². The van der Waals surface area contributed by atoms with Crippen LogP contribution in [0.5, 0.6) is 0 Å². The van der Waals surface area contributed by atoms with Gasteiger partial charge in [-0.2, -0.15) is 5.26 Å². The van der Waals surface area contributed by atoms with E-state index in [1.807, 2.05) is 14.1 Å². The van der Waals surface area contributed by atoms with E-state index in [1.54, 1.807) is 0 Å². The summed E-state index contributed by atoms with van der Waals surface area (Å²) in [6.07, 6.45) is 0.944. The second-order valence-electron chi connectivity index (χ2n) is 4.36. The molecule has 0 aliphatic carbocycles. The van der Waals surface area contributed by atoms with Gasteiger partial charge in [0.05, 0.1) is 18.7 Å². The van der Waals surface area contributed by atoms with Gasteiger partial charge in [0.1, 0.15) is 0 Å². The lowest BCUT2D eigenvalue weighted by Crippen LogP contribution is -2.33. The predicted octanol–water partition coefficient (Wildman–Crippen LogP) is 0.215. The summed E-state index contributed by atoms with van der Waals surface area (Å²) in [4.78, 5) is 7.90. The molecule has 0 bridgehead atoms. The van der Waals surface area contributed by atoms with Crippen LogP contribution in [0.15, 0.2) is 4.99 Å². The van der Waals surface area contributed by atoms with Crippen LogP contribution in [0.4, 0.5) is 0 Å². The first kappa shape index (κ1) is 16.0. The van der Waals surface area contributed by atoms with E-state index in [4.69, 9.17) is 5.26 Å². The lowest BCUT2D eigenvalue weighted by molar-refractivity contribution is 0.108. The topological polar surface area (TPSA) is 62.9 Å². The molecule has 1 unspecified atom stereocenters. The Morgan fingerprint density at radius 2 is 2.00 bits per heavy atom. The normalized spacial score (nSPS) is 12.7. The number of hydrogen-bond donors (Lipinski definition) is 1. The molecule has 0 amide bonds. The Morgan fingerprint density at radius 3 is 2.59 bits per heavy atom. The van der Waals surface area contributed by atoms with Crippen molar-refractivity contribution < 1.29 is 5.11 Å². The largest absolute Gasteiger partial charge is 0.392 e. The van der Waals surface area contributed by atoms with Crippen LogP contribution in [0, 0.1) is 11.3 Å². The maximum Gasteiger partial charge on any atom is 0.0679 e. The maximum atomic E-state index is 9.81. The number of nitriles is 1. The number of rotatable bonds is 10. The van der Waals surface area contributed by atoms with Crippen LogP contribution in [0.2, 0.25) is 0 Å². The van der Waals surface area contributed by atoms with Gasteiger partial charge < -0.3 is 14.9 Å². The van der Waals surface area contributed by atoms with E-state index in [0.29, 0.717) is 19.5 Å². The standard InChI is InChI=1S/C12H24N4O/c1-14-7-10-16(3)11-12(17)5-9-15(2)8-4-6-13/h12,17H,1,4-5,7-11H2,2-3H3. The molecule has 0 rings (SSSR count). The molecule has 0 aliphatic rings. The second kappa shape index (κ2) is 10.2. The van der Waals surface area contributed by atoms with Crippen molar-refractivity contribution in [1.82, 2.24) is 9.80 Å². The van der Waals surface area contributed by atoms with Crippen LogP contribution in [-0.2, 0) is 0 Å². The van der Waals surface area contributed by atoms with E-state index in [2.05, 4.69) is 27.6 Å². The van der Waals surface area contributed by atoms with Crippen LogP contribution < -0.4 is 0 Å². The van der Waals surface area contributed by atoms with E-state index in [0.717, 1.165) is 26.1 Å². The molecule has 5 nitrogen and oxygen atoms in total. The average molecular weight is 240 g/mol. The van der Waals surface area contributed by atoms with Gasteiger partial charge in [-0.3, -0.25) is 4.99 Å². The van der Waals surface area contributed by atoms with Gasteiger partial charge in [-0.25, -0.2) is 0 Å². The summed E-state index contributed by atoms with van der Waals surface area (Å²) >= 11 is 0. The Hall–Kier alpha value is -0.960. The van der Waals surface area contributed by atoms with Crippen LogP contribution in [0.25, 0.3) is 0 Å². The summed E-state index contributed by atoms with van der Waals surface area (Å²) in [5, 5.41) is 18.3. The summed E-state index contributed by atoms with van der Waals surface area (Å²) in [7, 11) is 3.93. The van der Waals surface area contributed by atoms with Crippen LogP contribution in [0.3, 0.4) is 0 Å². The number of likely N-dealkylation sites (N-methyl/N-ethyl adjacent to an activating group) is 1. The lowest BCUT2D eigenvalue weighted by atomic mass is 10.2. The molecular formula is C12H24N4O. The molecule has 1 N–H and O–H groups in total. The highest BCUT2D eigenvalue weighted by molar-refractivity contribution is 5.23. The van der Waals surface area contributed by atoms with E-state index < -0.39 is 0 Å². The Kier molecular flexibility index (Phi) is 9.63. The summed E-state index contributed by atoms with van der Waals surface area (Å²) in [5.41, 5.74) is 0. The van der Waals surface area contributed by atoms with Gasteiger partial charge in [0.15, 0.2) is 0 Å². The minimum atomic E-state index is -0.325. The van der Waals surface area contributed by atoms with Gasteiger partial charge in [-0.1, -0.05) is 0 Å². The molecule has 0 fully saturated rings. The first-order chi connectivity index (χ1) is 8.10. The second-order valence-corrected chi connectivity index (χ2v) is 4.36. The molecule has 0 aromatic heterocycles. The molecule has 17 heavy (non-hydrogen) atoms. The van der Waals surface area contributed by atoms with Crippen molar-refractivity contribution in [3.8, 4) is 6.07 Å².